The van der Waals surface area contributed by atoms with Crippen LogP contribution in [0, 0.1) is 22.9 Å². The minimum Gasteiger partial charge on any atom is -0.108 e. The smallest absolute Gasteiger partial charge is 0.108 e. The third-order valence-corrected chi connectivity index (χ3v) is 7.22. The molecule has 1 heteroatoms. The van der Waals surface area contributed by atoms with Crippen molar-refractivity contribution in [1.29, 1.82) is 0 Å². The van der Waals surface area contributed by atoms with Crippen LogP contribution in [0.25, 0.3) is 0 Å². The lowest BCUT2D eigenvalue weighted by atomic mass is 10.4. The maximum absolute atomic E-state index is 3.64. The van der Waals surface area contributed by atoms with Crippen molar-refractivity contribution in [2.24, 2.45) is 0 Å². The Kier molecular flexibility index (Phi) is 6.73. The van der Waals surface area contributed by atoms with Crippen molar-refractivity contribution in [2.45, 2.75) is 39.5 Å². The fourth-order valence-electron chi connectivity index (χ4n) is 2.50. The molecule has 0 aliphatic heterocycles. The Morgan fingerprint density at radius 3 is 1.39 bits per heavy atom. The molecule has 0 heterocycles. The summed E-state index contributed by atoms with van der Waals surface area (Å²) in [5.41, 5.74) is 7.28. The molecular weight excluding hydrogens is 292 g/mol. The van der Waals surface area contributed by atoms with Crippen LogP contribution < -0.4 is 10.4 Å². The van der Waals surface area contributed by atoms with Crippen LogP contribution in [0.1, 0.15) is 39.5 Å². The predicted octanol–water partition coefficient (Wildman–Crippen LogP) is 3.94. The number of hydrogen-bond donors (Lipinski definition) is 0. The molecule has 0 radical (unpaired) electrons. The average molecular weight is 317 g/mol. The van der Waals surface area contributed by atoms with Crippen LogP contribution in [0.4, 0.5) is 0 Å². The molecule has 0 N–H and O–H groups in total. The first-order valence-corrected chi connectivity index (χ1v) is 10.4. The van der Waals surface area contributed by atoms with Gasteiger partial charge in [0.2, 0.25) is 0 Å². The van der Waals surface area contributed by atoms with Gasteiger partial charge in [-0.25, -0.2) is 0 Å². The molecule has 2 aromatic carbocycles. The Hall–Kier alpha value is -2.22. The Morgan fingerprint density at radius 2 is 1.04 bits per heavy atom. The number of benzene rings is 2. The van der Waals surface area contributed by atoms with E-state index in [1.165, 1.54) is 10.4 Å². The fourth-order valence-corrected chi connectivity index (χ4v) is 5.64. The highest BCUT2D eigenvalue weighted by atomic mass is 28.3. The second-order valence-electron chi connectivity index (χ2n) is 5.59. The van der Waals surface area contributed by atoms with Crippen molar-refractivity contribution in [3.8, 4) is 22.9 Å². The number of unbranched alkanes of at least 4 members (excludes halogenated alkanes) is 2. The van der Waals surface area contributed by atoms with Gasteiger partial charge in [0.25, 0.3) is 8.07 Å². The molecule has 0 nitrogen and oxygen atoms in total. The Morgan fingerprint density at radius 1 is 0.652 bits per heavy atom. The van der Waals surface area contributed by atoms with E-state index in [4.69, 9.17) is 0 Å². The molecule has 2 aromatic rings. The maximum atomic E-state index is 3.64. The largest absolute Gasteiger partial charge is 0.275 e. The zero-order valence-electron chi connectivity index (χ0n) is 14.1. The Labute approximate surface area is 142 Å². The summed E-state index contributed by atoms with van der Waals surface area (Å²) in [7, 11) is -2.34. The lowest BCUT2D eigenvalue weighted by Crippen LogP contribution is -2.57. The zero-order valence-corrected chi connectivity index (χ0v) is 15.1. The van der Waals surface area contributed by atoms with Crippen LogP contribution in [-0.4, -0.2) is 8.07 Å². The van der Waals surface area contributed by atoms with Crippen molar-refractivity contribution in [3.63, 3.8) is 0 Å². The van der Waals surface area contributed by atoms with Crippen LogP contribution in [0.15, 0.2) is 60.7 Å². The van der Waals surface area contributed by atoms with E-state index in [-0.39, 0.29) is 0 Å². The van der Waals surface area contributed by atoms with E-state index in [0.717, 1.165) is 25.7 Å². The molecule has 0 aliphatic rings. The van der Waals surface area contributed by atoms with Crippen molar-refractivity contribution in [3.05, 3.63) is 60.7 Å². The standard InChI is InChI=1S/C22H24Si/c1-3-5-13-19-23(20-14-6-4-2,21-15-9-7-10-16-21)22-17-11-8-12-18-22/h7-12,15-18H,3-6H2,1-2H3. The van der Waals surface area contributed by atoms with Crippen LogP contribution in [0.5, 0.6) is 0 Å². The Balaban J connectivity index is 2.64. The van der Waals surface area contributed by atoms with Crippen molar-refractivity contribution < 1.29 is 0 Å². The molecule has 0 unspecified atom stereocenters. The molecule has 0 aromatic heterocycles. The Bertz CT molecular complexity index is 643. The van der Waals surface area contributed by atoms with Gasteiger partial charge >= 0.3 is 0 Å². The van der Waals surface area contributed by atoms with Gasteiger partial charge in [-0.05, 0) is 23.2 Å². The van der Waals surface area contributed by atoms with Crippen LogP contribution in [-0.2, 0) is 0 Å². The van der Waals surface area contributed by atoms with E-state index in [0.29, 0.717) is 0 Å². The second-order valence-corrected chi connectivity index (χ2v) is 8.74. The molecule has 2 rings (SSSR count). The molecule has 0 aliphatic carbocycles. The molecule has 0 spiro atoms. The van der Waals surface area contributed by atoms with E-state index < -0.39 is 8.07 Å². The second kappa shape index (κ2) is 9.04. The van der Waals surface area contributed by atoms with Gasteiger partial charge in [-0.15, -0.1) is 22.9 Å². The van der Waals surface area contributed by atoms with E-state index in [9.17, 15) is 0 Å². The molecule has 0 saturated carbocycles. The topological polar surface area (TPSA) is 0 Å². The summed E-state index contributed by atoms with van der Waals surface area (Å²) in [6.07, 6.45) is 4.04. The first kappa shape index (κ1) is 17.1. The normalized spacial score (nSPS) is 10.2. The first-order valence-electron chi connectivity index (χ1n) is 8.44. The van der Waals surface area contributed by atoms with Gasteiger partial charge in [-0.2, -0.15) is 0 Å². The van der Waals surface area contributed by atoms with Crippen LogP contribution in [0.2, 0.25) is 0 Å². The highest BCUT2D eigenvalue weighted by molar-refractivity contribution is 7.13. The van der Waals surface area contributed by atoms with E-state index in [2.05, 4.69) is 97.4 Å². The highest BCUT2D eigenvalue weighted by Crippen LogP contribution is 2.05. The van der Waals surface area contributed by atoms with Crippen molar-refractivity contribution in [1.82, 2.24) is 0 Å². The van der Waals surface area contributed by atoms with Gasteiger partial charge in [0, 0.05) is 12.8 Å². The SMILES string of the molecule is CCCC#C[Si](C#CCCC)(c1ccccc1)c1ccccc1. The third-order valence-electron chi connectivity index (χ3n) is 3.72. The molecular formula is C22H24Si. The van der Waals surface area contributed by atoms with Crippen LogP contribution in [0.3, 0.4) is 0 Å². The molecule has 23 heavy (non-hydrogen) atoms. The molecule has 0 fully saturated rings. The fraction of sp³-hybridized carbons (Fsp3) is 0.273. The summed E-state index contributed by atoms with van der Waals surface area (Å²) in [4.78, 5) is 0. The van der Waals surface area contributed by atoms with Gasteiger partial charge in [-0.3, -0.25) is 0 Å². The minimum atomic E-state index is -2.34. The summed E-state index contributed by atoms with van der Waals surface area (Å²) >= 11 is 0. The summed E-state index contributed by atoms with van der Waals surface area (Å²) in [6.45, 7) is 4.34. The average Bonchev–Trinajstić information content (AvgIpc) is 2.62. The van der Waals surface area contributed by atoms with Crippen molar-refractivity contribution in [2.75, 3.05) is 0 Å². The summed E-state index contributed by atoms with van der Waals surface area (Å²) in [5, 5.41) is 2.58. The molecule has 0 bridgehead atoms. The van der Waals surface area contributed by atoms with E-state index in [1.807, 2.05) is 0 Å². The quantitative estimate of drug-likeness (QED) is 0.592. The number of hydrogen-bond acceptors (Lipinski definition) is 0. The van der Waals surface area contributed by atoms with Crippen molar-refractivity contribution >= 4 is 18.4 Å². The molecule has 116 valence electrons. The minimum absolute atomic E-state index is 0.934. The predicted molar refractivity (Wildman–Crippen MR) is 103 cm³/mol. The monoisotopic (exact) mass is 316 g/mol. The van der Waals surface area contributed by atoms with Crippen LogP contribution >= 0.6 is 0 Å². The van der Waals surface area contributed by atoms with Gasteiger partial charge in [0.05, 0.1) is 0 Å². The zero-order chi connectivity index (χ0) is 16.4. The van der Waals surface area contributed by atoms with Gasteiger partial charge < -0.3 is 0 Å². The molecule has 0 amide bonds. The lowest BCUT2D eigenvalue weighted by molar-refractivity contribution is 0.983. The maximum Gasteiger partial charge on any atom is 0.275 e. The summed E-state index contributed by atoms with van der Waals surface area (Å²) in [5.74, 6) is 6.82. The van der Waals surface area contributed by atoms with E-state index in [1.54, 1.807) is 0 Å². The summed E-state index contributed by atoms with van der Waals surface area (Å²) in [6, 6.07) is 21.3. The van der Waals surface area contributed by atoms with Gasteiger partial charge in [-0.1, -0.05) is 74.5 Å². The van der Waals surface area contributed by atoms with Gasteiger partial charge in [0.15, 0.2) is 0 Å². The molecule has 0 saturated heterocycles. The summed E-state index contributed by atoms with van der Waals surface area (Å²) < 4.78 is 0. The van der Waals surface area contributed by atoms with E-state index >= 15 is 0 Å². The third kappa shape index (κ3) is 4.38. The number of rotatable bonds is 4. The first-order chi connectivity index (χ1) is 11.3. The highest BCUT2D eigenvalue weighted by Gasteiger charge is 2.34. The van der Waals surface area contributed by atoms with Gasteiger partial charge in [0.1, 0.15) is 0 Å². The molecule has 0 atom stereocenters. The lowest BCUT2D eigenvalue weighted by Gasteiger charge is -2.21.